The summed E-state index contributed by atoms with van der Waals surface area (Å²) in [6.07, 6.45) is 3.26. The van der Waals surface area contributed by atoms with Gasteiger partial charge in [-0.15, -0.1) is 0 Å². The van der Waals surface area contributed by atoms with Crippen LogP contribution in [0.1, 0.15) is 36.3 Å². The molecule has 0 aromatic heterocycles. The van der Waals surface area contributed by atoms with Gasteiger partial charge in [0.05, 0.1) is 0 Å². The average molecular weight is 272 g/mol. The van der Waals surface area contributed by atoms with Crippen molar-refractivity contribution in [3.8, 4) is 0 Å². The zero-order chi connectivity index (χ0) is 13.9. The Kier molecular flexibility index (Phi) is 4.06. The van der Waals surface area contributed by atoms with E-state index in [4.69, 9.17) is 0 Å². The predicted octanol–water partition coefficient (Wildman–Crippen LogP) is 2.31. The Morgan fingerprint density at radius 2 is 1.90 bits per heavy atom. The van der Waals surface area contributed by atoms with Gasteiger partial charge in [0, 0.05) is 32.6 Å². The van der Waals surface area contributed by atoms with Gasteiger partial charge in [-0.2, -0.15) is 0 Å². The second-order valence-electron chi connectivity index (χ2n) is 6.19. The zero-order valence-electron chi connectivity index (χ0n) is 12.3. The Labute approximate surface area is 121 Å². The van der Waals surface area contributed by atoms with Gasteiger partial charge in [0.1, 0.15) is 0 Å². The third-order valence-corrected chi connectivity index (χ3v) is 4.56. The molecular weight excluding hydrogens is 248 g/mol. The van der Waals surface area contributed by atoms with Crippen LogP contribution in [0, 0.1) is 12.8 Å². The van der Waals surface area contributed by atoms with Gasteiger partial charge in [-0.3, -0.25) is 4.79 Å². The lowest BCUT2D eigenvalue weighted by molar-refractivity contribution is -0.132. The van der Waals surface area contributed by atoms with Crippen molar-refractivity contribution < 1.29 is 4.79 Å². The van der Waals surface area contributed by atoms with E-state index in [0.29, 0.717) is 18.2 Å². The van der Waals surface area contributed by atoms with E-state index in [2.05, 4.69) is 36.5 Å². The molecular formula is C17H24N2O. The zero-order valence-corrected chi connectivity index (χ0v) is 12.3. The number of benzene rings is 1. The molecule has 1 N–H and O–H groups in total. The number of nitrogens with one attached hydrogen (secondary N) is 1. The number of carbonyl (C=O) groups excluding carboxylic acids is 1. The van der Waals surface area contributed by atoms with Gasteiger partial charge in [0.25, 0.3) is 0 Å². The Morgan fingerprint density at radius 1 is 1.25 bits per heavy atom. The van der Waals surface area contributed by atoms with Crippen molar-refractivity contribution in [1.82, 2.24) is 10.2 Å². The van der Waals surface area contributed by atoms with Crippen molar-refractivity contribution in [2.24, 2.45) is 5.92 Å². The van der Waals surface area contributed by atoms with Crippen molar-refractivity contribution in [2.75, 3.05) is 26.2 Å². The summed E-state index contributed by atoms with van der Waals surface area (Å²) in [6, 6.07) is 8.76. The van der Waals surface area contributed by atoms with Crippen molar-refractivity contribution in [3.05, 3.63) is 35.4 Å². The van der Waals surface area contributed by atoms with Crippen LogP contribution in [0.15, 0.2) is 24.3 Å². The maximum absolute atomic E-state index is 12.5. The predicted molar refractivity (Wildman–Crippen MR) is 80.7 cm³/mol. The van der Waals surface area contributed by atoms with Crippen molar-refractivity contribution in [3.63, 3.8) is 0 Å². The second-order valence-corrected chi connectivity index (χ2v) is 6.19. The molecule has 1 heterocycles. The molecule has 1 saturated carbocycles. The van der Waals surface area contributed by atoms with Gasteiger partial charge >= 0.3 is 0 Å². The minimum Gasteiger partial charge on any atom is -0.340 e. The summed E-state index contributed by atoms with van der Waals surface area (Å²) in [7, 11) is 0. The summed E-state index contributed by atoms with van der Waals surface area (Å²) in [6.45, 7) is 5.71. The molecule has 1 amide bonds. The van der Waals surface area contributed by atoms with Crippen LogP contribution in [-0.2, 0) is 4.79 Å². The Hall–Kier alpha value is -1.35. The van der Waals surface area contributed by atoms with E-state index in [1.807, 2.05) is 4.90 Å². The molecule has 1 aliphatic carbocycles. The van der Waals surface area contributed by atoms with Crippen LogP contribution in [0.25, 0.3) is 0 Å². The number of nitrogens with zero attached hydrogens (tertiary/aromatic N) is 1. The van der Waals surface area contributed by atoms with E-state index < -0.39 is 0 Å². The summed E-state index contributed by atoms with van der Waals surface area (Å²) in [5.41, 5.74) is 2.64. The van der Waals surface area contributed by atoms with E-state index in [1.54, 1.807) is 0 Å². The van der Waals surface area contributed by atoms with Crippen LogP contribution >= 0.6 is 0 Å². The normalized spacial score (nSPS) is 20.8. The first-order chi connectivity index (χ1) is 9.74. The molecule has 1 saturated heterocycles. The van der Waals surface area contributed by atoms with E-state index >= 15 is 0 Å². The standard InChI is InChI=1S/C17H24N2O/c1-13-2-4-14(5-3-13)16(15-6-7-15)12-17(20)19-10-8-18-9-11-19/h2-5,15-16,18H,6-12H2,1H3. The average Bonchev–Trinajstić information content (AvgIpc) is 3.31. The highest BCUT2D eigenvalue weighted by Crippen LogP contribution is 2.44. The third kappa shape index (κ3) is 3.21. The van der Waals surface area contributed by atoms with Crippen LogP contribution in [0.3, 0.4) is 0 Å². The third-order valence-electron chi connectivity index (χ3n) is 4.56. The first kappa shape index (κ1) is 13.6. The molecule has 3 heteroatoms. The SMILES string of the molecule is Cc1ccc(C(CC(=O)N2CCNCC2)C2CC2)cc1. The monoisotopic (exact) mass is 272 g/mol. The molecule has 108 valence electrons. The highest BCUT2D eigenvalue weighted by molar-refractivity contribution is 5.77. The Morgan fingerprint density at radius 3 is 2.50 bits per heavy atom. The van der Waals surface area contributed by atoms with Crippen LogP contribution in [0.2, 0.25) is 0 Å². The van der Waals surface area contributed by atoms with E-state index in [1.165, 1.54) is 24.0 Å². The number of piperazine rings is 1. The summed E-state index contributed by atoms with van der Waals surface area (Å²) < 4.78 is 0. The quantitative estimate of drug-likeness (QED) is 0.912. The molecule has 0 spiro atoms. The molecule has 1 atom stereocenters. The van der Waals surface area contributed by atoms with E-state index in [9.17, 15) is 4.79 Å². The van der Waals surface area contributed by atoms with Crippen LogP contribution in [0.4, 0.5) is 0 Å². The lowest BCUT2D eigenvalue weighted by atomic mass is 9.90. The molecule has 0 radical (unpaired) electrons. The molecule has 1 aliphatic heterocycles. The van der Waals surface area contributed by atoms with E-state index in [-0.39, 0.29) is 0 Å². The molecule has 20 heavy (non-hydrogen) atoms. The largest absolute Gasteiger partial charge is 0.340 e. The molecule has 1 aromatic carbocycles. The topological polar surface area (TPSA) is 32.3 Å². The molecule has 2 aliphatic rings. The highest BCUT2D eigenvalue weighted by atomic mass is 16.2. The fourth-order valence-corrected chi connectivity index (χ4v) is 3.10. The number of amides is 1. The number of hydrogen-bond donors (Lipinski definition) is 1. The lowest BCUT2D eigenvalue weighted by Crippen LogP contribution is -2.46. The maximum atomic E-state index is 12.5. The van der Waals surface area contributed by atoms with Crippen molar-refractivity contribution in [2.45, 2.75) is 32.1 Å². The lowest BCUT2D eigenvalue weighted by Gasteiger charge is -2.29. The van der Waals surface area contributed by atoms with Gasteiger partial charge in [-0.25, -0.2) is 0 Å². The molecule has 2 fully saturated rings. The number of rotatable bonds is 4. The summed E-state index contributed by atoms with van der Waals surface area (Å²) in [5, 5.41) is 3.30. The van der Waals surface area contributed by atoms with Crippen molar-refractivity contribution >= 4 is 5.91 Å². The van der Waals surface area contributed by atoms with Gasteiger partial charge in [-0.05, 0) is 37.2 Å². The smallest absolute Gasteiger partial charge is 0.223 e. The first-order valence-electron chi connectivity index (χ1n) is 7.79. The second kappa shape index (κ2) is 5.96. The summed E-state index contributed by atoms with van der Waals surface area (Å²) >= 11 is 0. The van der Waals surface area contributed by atoms with Gasteiger partial charge in [0.2, 0.25) is 5.91 Å². The van der Waals surface area contributed by atoms with E-state index in [0.717, 1.165) is 32.1 Å². The maximum Gasteiger partial charge on any atom is 0.223 e. The van der Waals surface area contributed by atoms with Gasteiger partial charge in [0.15, 0.2) is 0 Å². The number of aryl methyl sites for hydroxylation is 1. The molecule has 3 nitrogen and oxygen atoms in total. The molecule has 0 bridgehead atoms. The minimum absolute atomic E-state index is 0.337. The summed E-state index contributed by atoms with van der Waals surface area (Å²) in [5.74, 6) is 1.49. The Balaban J connectivity index is 1.68. The fourth-order valence-electron chi connectivity index (χ4n) is 3.10. The van der Waals surface area contributed by atoms with Crippen LogP contribution < -0.4 is 5.32 Å². The van der Waals surface area contributed by atoms with Crippen LogP contribution in [-0.4, -0.2) is 37.0 Å². The molecule has 1 aromatic rings. The summed E-state index contributed by atoms with van der Waals surface area (Å²) in [4.78, 5) is 14.5. The van der Waals surface area contributed by atoms with Gasteiger partial charge in [-0.1, -0.05) is 29.8 Å². The molecule has 1 unspecified atom stereocenters. The highest BCUT2D eigenvalue weighted by Gasteiger charge is 2.34. The first-order valence-corrected chi connectivity index (χ1v) is 7.79. The minimum atomic E-state index is 0.337. The van der Waals surface area contributed by atoms with Crippen LogP contribution in [0.5, 0.6) is 0 Å². The Bertz CT molecular complexity index is 458. The number of carbonyl (C=O) groups is 1. The fraction of sp³-hybridized carbons (Fsp3) is 0.588. The van der Waals surface area contributed by atoms with Gasteiger partial charge < -0.3 is 10.2 Å². The number of hydrogen-bond acceptors (Lipinski definition) is 2. The van der Waals surface area contributed by atoms with Crippen molar-refractivity contribution in [1.29, 1.82) is 0 Å². The molecule has 3 rings (SSSR count).